The predicted molar refractivity (Wildman–Crippen MR) is 100.0 cm³/mol. The minimum atomic E-state index is -0.123. The molecule has 2 aromatic carbocycles. The summed E-state index contributed by atoms with van der Waals surface area (Å²) in [7, 11) is 3.45. The monoisotopic (exact) mass is 338 g/mol. The van der Waals surface area contributed by atoms with E-state index >= 15 is 0 Å². The number of likely N-dealkylation sites (N-methyl/N-ethyl adjacent to an activating group) is 1. The summed E-state index contributed by atoms with van der Waals surface area (Å²) in [4.78, 5) is 16.1. The maximum Gasteiger partial charge on any atom is 0.281 e. The first kappa shape index (κ1) is 16.2. The molecule has 122 valence electrons. The molecule has 3 rings (SSSR count). The maximum atomic E-state index is 12.8. The number of aryl methyl sites for hydroxylation is 1. The molecule has 0 aliphatic carbocycles. The number of carbonyl (C=O) groups is 1. The number of hydrogen-bond donors (Lipinski definition) is 0. The number of hydrogen-bond acceptors (Lipinski definition) is 3. The minimum Gasteiger partial charge on any atom is -0.496 e. The molecule has 0 bridgehead atoms. The van der Waals surface area contributed by atoms with E-state index in [9.17, 15) is 4.79 Å². The zero-order chi connectivity index (χ0) is 17.3. The van der Waals surface area contributed by atoms with Gasteiger partial charge in [-0.15, -0.1) is 0 Å². The molecule has 0 N–H and O–H groups in total. The van der Waals surface area contributed by atoms with Gasteiger partial charge in [0.15, 0.2) is 5.11 Å². The van der Waals surface area contributed by atoms with Crippen LogP contribution in [0.2, 0.25) is 0 Å². The van der Waals surface area contributed by atoms with Crippen LogP contribution in [0.25, 0.3) is 6.08 Å². The zero-order valence-electron chi connectivity index (χ0n) is 13.8. The first-order valence-corrected chi connectivity index (χ1v) is 7.97. The molecule has 1 aliphatic rings. The Bertz CT molecular complexity index is 831. The van der Waals surface area contributed by atoms with Crippen LogP contribution in [0.1, 0.15) is 11.1 Å². The summed E-state index contributed by atoms with van der Waals surface area (Å²) in [5, 5.41) is 0.475. The topological polar surface area (TPSA) is 32.8 Å². The average Bonchev–Trinajstić information content (AvgIpc) is 2.79. The first-order valence-electron chi connectivity index (χ1n) is 7.56. The van der Waals surface area contributed by atoms with Crippen molar-refractivity contribution in [2.45, 2.75) is 6.92 Å². The van der Waals surface area contributed by atoms with Crippen molar-refractivity contribution >= 4 is 35.0 Å². The second kappa shape index (κ2) is 6.45. The van der Waals surface area contributed by atoms with Gasteiger partial charge in [-0.1, -0.05) is 24.3 Å². The number of carbonyl (C=O) groups excluding carboxylic acids is 1. The molecule has 4 nitrogen and oxygen atoms in total. The average molecular weight is 338 g/mol. The lowest BCUT2D eigenvalue weighted by molar-refractivity contribution is -0.114. The Morgan fingerprint density at radius 2 is 1.83 bits per heavy atom. The molecule has 0 atom stereocenters. The van der Waals surface area contributed by atoms with Crippen LogP contribution in [0.15, 0.2) is 54.2 Å². The number of para-hydroxylation sites is 1. The number of thiocarbonyl (C=S) groups is 1. The Labute approximate surface area is 147 Å². The molecule has 2 aromatic rings. The summed E-state index contributed by atoms with van der Waals surface area (Å²) in [6.07, 6.45) is 1.85. The van der Waals surface area contributed by atoms with E-state index in [4.69, 9.17) is 17.0 Å². The van der Waals surface area contributed by atoms with Crippen LogP contribution in [-0.4, -0.2) is 30.1 Å². The summed E-state index contributed by atoms with van der Waals surface area (Å²) >= 11 is 5.45. The van der Waals surface area contributed by atoms with Gasteiger partial charge in [0.2, 0.25) is 0 Å². The van der Waals surface area contributed by atoms with Crippen molar-refractivity contribution in [1.29, 1.82) is 0 Å². The summed E-state index contributed by atoms with van der Waals surface area (Å²) in [6, 6.07) is 15.2. The maximum absolute atomic E-state index is 12.8. The summed E-state index contributed by atoms with van der Waals surface area (Å²) < 4.78 is 5.28. The smallest absolute Gasteiger partial charge is 0.281 e. The molecule has 5 heteroatoms. The van der Waals surface area contributed by atoms with Crippen LogP contribution in [0.3, 0.4) is 0 Å². The van der Waals surface area contributed by atoms with Crippen LogP contribution < -0.4 is 9.64 Å². The number of benzene rings is 2. The molecule has 0 unspecified atom stereocenters. The fraction of sp³-hybridized carbons (Fsp3) is 0.158. The van der Waals surface area contributed by atoms with E-state index < -0.39 is 0 Å². The Morgan fingerprint density at radius 1 is 1.12 bits per heavy atom. The van der Waals surface area contributed by atoms with Gasteiger partial charge in [0.25, 0.3) is 5.91 Å². The molecule has 0 spiro atoms. The second-order valence-corrected chi connectivity index (χ2v) is 5.94. The van der Waals surface area contributed by atoms with E-state index in [2.05, 4.69) is 0 Å². The number of ether oxygens (including phenoxy) is 1. The van der Waals surface area contributed by atoms with E-state index in [-0.39, 0.29) is 5.91 Å². The third-order valence-electron chi connectivity index (χ3n) is 4.00. The van der Waals surface area contributed by atoms with E-state index in [1.807, 2.05) is 68.6 Å². The molecule has 0 aromatic heterocycles. The Kier molecular flexibility index (Phi) is 4.36. The van der Waals surface area contributed by atoms with E-state index in [0.29, 0.717) is 10.8 Å². The van der Waals surface area contributed by atoms with Crippen LogP contribution in [0, 0.1) is 6.92 Å². The Hall–Kier alpha value is -2.66. The predicted octanol–water partition coefficient (Wildman–Crippen LogP) is 3.61. The molecule has 1 aliphatic heterocycles. The van der Waals surface area contributed by atoms with Crippen LogP contribution in [0.4, 0.5) is 5.69 Å². The Morgan fingerprint density at radius 3 is 2.46 bits per heavy atom. The summed E-state index contributed by atoms with van der Waals surface area (Å²) in [5.41, 5.74) is 3.27. The van der Waals surface area contributed by atoms with Gasteiger partial charge in [-0.3, -0.25) is 9.69 Å². The number of anilines is 1. The molecule has 1 saturated heterocycles. The van der Waals surface area contributed by atoms with Gasteiger partial charge in [0.1, 0.15) is 11.4 Å². The molecule has 24 heavy (non-hydrogen) atoms. The Balaban J connectivity index is 1.98. The van der Waals surface area contributed by atoms with Gasteiger partial charge in [-0.05, 0) is 60.6 Å². The van der Waals surface area contributed by atoms with E-state index in [1.54, 1.807) is 16.9 Å². The number of rotatable bonds is 3. The van der Waals surface area contributed by atoms with Gasteiger partial charge >= 0.3 is 0 Å². The molecule has 1 fully saturated rings. The molecule has 1 heterocycles. The standard InChI is InChI=1S/C19H18N2O2S/c1-13-11-14(9-10-17(13)23-3)12-16-18(22)21(19(24)20(16)2)15-7-5-4-6-8-15/h4-12H,1-3H3/b16-12-. The lowest BCUT2D eigenvalue weighted by Gasteiger charge is -2.16. The van der Waals surface area contributed by atoms with Gasteiger partial charge in [-0.25, -0.2) is 0 Å². The van der Waals surface area contributed by atoms with Crippen molar-refractivity contribution in [3.63, 3.8) is 0 Å². The highest BCUT2D eigenvalue weighted by Crippen LogP contribution is 2.28. The lowest BCUT2D eigenvalue weighted by Crippen LogP contribution is -2.30. The normalized spacial score (nSPS) is 16.2. The van der Waals surface area contributed by atoms with Gasteiger partial charge in [0.05, 0.1) is 12.8 Å². The van der Waals surface area contributed by atoms with Crippen molar-refractivity contribution in [3.8, 4) is 5.75 Å². The highest BCUT2D eigenvalue weighted by Gasteiger charge is 2.36. The number of methoxy groups -OCH3 is 1. The largest absolute Gasteiger partial charge is 0.496 e. The van der Waals surface area contributed by atoms with Gasteiger partial charge in [0, 0.05) is 7.05 Å². The van der Waals surface area contributed by atoms with Crippen molar-refractivity contribution in [3.05, 3.63) is 65.4 Å². The fourth-order valence-electron chi connectivity index (χ4n) is 2.71. The second-order valence-electron chi connectivity index (χ2n) is 5.58. The van der Waals surface area contributed by atoms with E-state index in [1.165, 1.54) is 0 Å². The van der Waals surface area contributed by atoms with Crippen LogP contribution >= 0.6 is 12.2 Å². The van der Waals surface area contributed by atoms with Crippen molar-refractivity contribution in [2.75, 3.05) is 19.1 Å². The fourth-order valence-corrected chi connectivity index (χ4v) is 3.00. The first-order chi connectivity index (χ1) is 11.5. The van der Waals surface area contributed by atoms with Crippen molar-refractivity contribution in [2.24, 2.45) is 0 Å². The highest BCUT2D eigenvalue weighted by atomic mass is 32.1. The third-order valence-corrected chi connectivity index (χ3v) is 4.45. The molecular formula is C19H18N2O2S. The summed E-state index contributed by atoms with van der Waals surface area (Å²) in [6.45, 7) is 1.97. The quantitative estimate of drug-likeness (QED) is 0.632. The molecule has 0 saturated carbocycles. The van der Waals surface area contributed by atoms with Crippen molar-refractivity contribution < 1.29 is 9.53 Å². The van der Waals surface area contributed by atoms with Crippen molar-refractivity contribution in [1.82, 2.24) is 4.90 Å². The number of amides is 1. The van der Waals surface area contributed by atoms with Gasteiger partial charge in [-0.2, -0.15) is 0 Å². The molecule has 1 amide bonds. The number of nitrogens with zero attached hydrogens (tertiary/aromatic N) is 2. The SMILES string of the molecule is COc1ccc(/C=C2/C(=O)N(c3ccccc3)C(=S)N2C)cc1C. The van der Waals surface area contributed by atoms with Crippen LogP contribution in [0.5, 0.6) is 5.75 Å². The highest BCUT2D eigenvalue weighted by molar-refractivity contribution is 7.80. The lowest BCUT2D eigenvalue weighted by atomic mass is 10.1. The van der Waals surface area contributed by atoms with Gasteiger partial charge < -0.3 is 9.64 Å². The van der Waals surface area contributed by atoms with Crippen LogP contribution in [-0.2, 0) is 4.79 Å². The molecule has 0 radical (unpaired) electrons. The summed E-state index contributed by atoms with van der Waals surface area (Å²) in [5.74, 6) is 0.701. The molecular weight excluding hydrogens is 320 g/mol. The zero-order valence-corrected chi connectivity index (χ0v) is 14.6. The van der Waals surface area contributed by atoms with E-state index in [0.717, 1.165) is 22.6 Å². The third kappa shape index (κ3) is 2.78. The minimum absolute atomic E-state index is 0.123.